The Morgan fingerprint density at radius 1 is 1.26 bits per heavy atom. The Bertz CT molecular complexity index is 643. The Kier molecular flexibility index (Phi) is 2.81. The van der Waals surface area contributed by atoms with Crippen molar-refractivity contribution in [3.63, 3.8) is 0 Å². The van der Waals surface area contributed by atoms with Gasteiger partial charge in [-0.2, -0.15) is 0 Å². The van der Waals surface area contributed by atoms with Gasteiger partial charge in [-0.3, -0.25) is 0 Å². The SMILES string of the molecule is COc1ccc(C(=O)O[C@@H]2[C@@H]3CCO[C@H]4OC[C@@]5(O[C@@H]25)[C@@H]43)cc1. The Hall–Kier alpha value is -1.63. The highest BCUT2D eigenvalue weighted by molar-refractivity contribution is 5.89. The van der Waals surface area contributed by atoms with Crippen molar-refractivity contribution >= 4 is 5.97 Å². The van der Waals surface area contributed by atoms with Crippen molar-refractivity contribution in [2.75, 3.05) is 20.3 Å². The number of methoxy groups -OCH3 is 1. The van der Waals surface area contributed by atoms with Gasteiger partial charge in [0.1, 0.15) is 23.6 Å². The molecule has 4 aliphatic rings. The molecule has 4 fully saturated rings. The van der Waals surface area contributed by atoms with Gasteiger partial charge in [-0.05, 0) is 30.7 Å². The molecule has 23 heavy (non-hydrogen) atoms. The summed E-state index contributed by atoms with van der Waals surface area (Å²) in [4.78, 5) is 12.5. The molecule has 1 saturated carbocycles. The normalized spacial score (nSPS) is 42.7. The van der Waals surface area contributed by atoms with Crippen LogP contribution in [0, 0.1) is 11.8 Å². The smallest absolute Gasteiger partial charge is 0.338 e. The molecule has 0 unspecified atom stereocenters. The van der Waals surface area contributed by atoms with E-state index in [1.165, 1.54) is 0 Å². The first kappa shape index (κ1) is 13.8. The first-order valence-electron chi connectivity index (χ1n) is 7.99. The van der Waals surface area contributed by atoms with E-state index in [-0.39, 0.29) is 41.9 Å². The molecule has 0 aromatic heterocycles. The minimum atomic E-state index is -0.313. The Labute approximate surface area is 133 Å². The van der Waals surface area contributed by atoms with Crippen molar-refractivity contribution in [1.29, 1.82) is 0 Å². The van der Waals surface area contributed by atoms with Crippen molar-refractivity contribution < 1.29 is 28.5 Å². The molecule has 122 valence electrons. The van der Waals surface area contributed by atoms with Gasteiger partial charge in [0.2, 0.25) is 0 Å². The molecule has 1 aromatic rings. The molecule has 6 nitrogen and oxygen atoms in total. The second-order valence-corrected chi connectivity index (χ2v) is 6.62. The molecule has 6 heteroatoms. The van der Waals surface area contributed by atoms with E-state index in [0.717, 1.165) is 6.42 Å². The van der Waals surface area contributed by atoms with Crippen molar-refractivity contribution in [2.24, 2.45) is 11.8 Å². The van der Waals surface area contributed by atoms with Crippen LogP contribution < -0.4 is 4.74 Å². The quantitative estimate of drug-likeness (QED) is 0.620. The zero-order chi connectivity index (χ0) is 15.6. The van der Waals surface area contributed by atoms with Gasteiger partial charge in [0.05, 0.1) is 31.8 Å². The number of hydrogen-bond acceptors (Lipinski definition) is 6. The molecule has 6 atom stereocenters. The number of esters is 1. The van der Waals surface area contributed by atoms with Gasteiger partial charge < -0.3 is 23.7 Å². The number of carbonyl (C=O) groups is 1. The maximum absolute atomic E-state index is 12.5. The lowest BCUT2D eigenvalue weighted by Crippen LogP contribution is -2.41. The Morgan fingerprint density at radius 3 is 2.87 bits per heavy atom. The zero-order valence-electron chi connectivity index (χ0n) is 12.8. The largest absolute Gasteiger partial charge is 0.497 e. The highest BCUT2D eigenvalue weighted by atomic mass is 16.7. The molecular weight excluding hydrogens is 300 g/mol. The Morgan fingerprint density at radius 2 is 2.09 bits per heavy atom. The van der Waals surface area contributed by atoms with Gasteiger partial charge in [0, 0.05) is 5.92 Å². The average Bonchev–Trinajstić information content (AvgIpc) is 3.10. The number of ether oxygens (including phenoxy) is 5. The summed E-state index contributed by atoms with van der Waals surface area (Å²) in [5, 5.41) is 0. The molecule has 3 heterocycles. The lowest BCUT2D eigenvalue weighted by molar-refractivity contribution is -0.179. The number of benzene rings is 1. The molecule has 1 aromatic carbocycles. The summed E-state index contributed by atoms with van der Waals surface area (Å²) in [6, 6.07) is 6.95. The summed E-state index contributed by atoms with van der Waals surface area (Å²) in [5.74, 6) is 0.852. The van der Waals surface area contributed by atoms with Crippen molar-refractivity contribution in [3.05, 3.63) is 29.8 Å². The van der Waals surface area contributed by atoms with Crippen molar-refractivity contribution in [1.82, 2.24) is 0 Å². The first-order chi connectivity index (χ1) is 11.2. The first-order valence-corrected chi connectivity index (χ1v) is 7.99. The van der Waals surface area contributed by atoms with Crippen LogP contribution in [0.1, 0.15) is 16.8 Å². The van der Waals surface area contributed by atoms with Gasteiger partial charge in [-0.25, -0.2) is 4.79 Å². The number of epoxide rings is 1. The summed E-state index contributed by atoms with van der Waals surface area (Å²) in [6.45, 7) is 1.19. The number of carbonyl (C=O) groups excluding carboxylic acids is 1. The van der Waals surface area contributed by atoms with Gasteiger partial charge in [-0.1, -0.05) is 0 Å². The molecule has 3 saturated heterocycles. The van der Waals surface area contributed by atoms with E-state index in [1.807, 2.05) is 0 Å². The molecule has 0 radical (unpaired) electrons. The predicted molar refractivity (Wildman–Crippen MR) is 77.1 cm³/mol. The maximum atomic E-state index is 12.5. The van der Waals surface area contributed by atoms with Crippen molar-refractivity contribution in [3.8, 4) is 5.75 Å². The fraction of sp³-hybridized carbons (Fsp3) is 0.588. The van der Waals surface area contributed by atoms with E-state index in [0.29, 0.717) is 24.5 Å². The maximum Gasteiger partial charge on any atom is 0.338 e. The highest BCUT2D eigenvalue weighted by Gasteiger charge is 2.80. The van der Waals surface area contributed by atoms with Crippen molar-refractivity contribution in [2.45, 2.75) is 30.5 Å². The van der Waals surface area contributed by atoms with Crippen LogP contribution in [0.2, 0.25) is 0 Å². The van der Waals surface area contributed by atoms with E-state index < -0.39 is 0 Å². The van der Waals surface area contributed by atoms with Crippen LogP contribution in [0.5, 0.6) is 5.75 Å². The van der Waals surface area contributed by atoms with Gasteiger partial charge in [0.25, 0.3) is 0 Å². The number of hydrogen-bond donors (Lipinski definition) is 0. The standard InChI is InChI=1S/C17H18O6/c1-19-10-4-2-9(3-5-10)15(18)22-13-11-6-7-20-16-12(11)17(8-21-16)14(13)23-17/h2-5,11-14,16H,6-8H2,1H3/t11-,12-,13-,14+,16+,17-/m1/s1. The summed E-state index contributed by atoms with van der Waals surface area (Å²) >= 11 is 0. The van der Waals surface area contributed by atoms with Crippen LogP contribution in [0.15, 0.2) is 24.3 Å². The fourth-order valence-corrected chi connectivity index (χ4v) is 4.45. The van der Waals surface area contributed by atoms with Gasteiger partial charge in [0.15, 0.2) is 6.29 Å². The lowest BCUT2D eigenvalue weighted by atomic mass is 9.85. The summed E-state index contributed by atoms with van der Waals surface area (Å²) in [6.07, 6.45) is 0.423. The van der Waals surface area contributed by atoms with Gasteiger partial charge in [-0.15, -0.1) is 0 Å². The fourth-order valence-electron chi connectivity index (χ4n) is 4.45. The van der Waals surface area contributed by atoms with E-state index in [4.69, 9.17) is 23.7 Å². The zero-order valence-corrected chi connectivity index (χ0v) is 12.8. The van der Waals surface area contributed by atoms with Crippen LogP contribution in [0.25, 0.3) is 0 Å². The van der Waals surface area contributed by atoms with E-state index >= 15 is 0 Å². The third kappa shape index (κ3) is 1.83. The monoisotopic (exact) mass is 318 g/mol. The van der Waals surface area contributed by atoms with Crippen LogP contribution >= 0.6 is 0 Å². The molecule has 1 aliphatic carbocycles. The van der Waals surface area contributed by atoms with E-state index in [9.17, 15) is 4.79 Å². The molecular formula is C17H18O6. The third-order valence-corrected chi connectivity index (χ3v) is 5.59. The molecule has 5 rings (SSSR count). The summed E-state index contributed by atoms with van der Waals surface area (Å²) in [5.41, 5.74) is 0.248. The second kappa shape index (κ2) is 4.69. The molecule has 0 amide bonds. The topological polar surface area (TPSA) is 66.5 Å². The molecule has 3 aliphatic heterocycles. The third-order valence-electron chi connectivity index (χ3n) is 5.59. The summed E-state index contributed by atoms with van der Waals surface area (Å²) < 4.78 is 28.2. The summed E-state index contributed by atoms with van der Waals surface area (Å²) in [7, 11) is 1.60. The minimum absolute atomic E-state index is 0.0496. The van der Waals surface area contributed by atoms with Crippen LogP contribution in [-0.4, -0.2) is 50.4 Å². The lowest BCUT2D eigenvalue weighted by Gasteiger charge is -2.34. The second-order valence-electron chi connectivity index (χ2n) is 6.62. The highest BCUT2D eigenvalue weighted by Crippen LogP contribution is 2.64. The number of rotatable bonds is 3. The molecule has 0 N–H and O–H groups in total. The predicted octanol–water partition coefficient (Wildman–Crippen LogP) is 1.38. The minimum Gasteiger partial charge on any atom is -0.497 e. The van der Waals surface area contributed by atoms with Crippen LogP contribution in [0.3, 0.4) is 0 Å². The van der Waals surface area contributed by atoms with Crippen LogP contribution in [-0.2, 0) is 18.9 Å². The van der Waals surface area contributed by atoms with Crippen LogP contribution in [0.4, 0.5) is 0 Å². The van der Waals surface area contributed by atoms with Gasteiger partial charge >= 0.3 is 5.97 Å². The van der Waals surface area contributed by atoms with E-state index in [1.54, 1.807) is 31.4 Å². The van der Waals surface area contributed by atoms with E-state index in [2.05, 4.69) is 0 Å². The molecule has 1 spiro atoms. The molecule has 0 bridgehead atoms. The Balaban J connectivity index is 1.35. The average molecular weight is 318 g/mol.